The quantitative estimate of drug-likeness (QED) is 0.832. The largest absolute Gasteiger partial charge is 0.483 e. The molecule has 0 aliphatic carbocycles. The zero-order chi connectivity index (χ0) is 12.3. The molecular formula is C11H10Br2N2O2. The molecule has 0 saturated carbocycles. The molecule has 17 heavy (non-hydrogen) atoms. The van der Waals surface area contributed by atoms with Gasteiger partial charge in [-0.2, -0.15) is 0 Å². The van der Waals surface area contributed by atoms with Gasteiger partial charge in [-0.05, 0) is 34.1 Å². The maximum Gasteiger partial charge on any atom is 0.253 e. The lowest BCUT2D eigenvalue weighted by Crippen LogP contribution is -1.96. The molecule has 0 atom stereocenters. The lowest BCUT2D eigenvalue weighted by atomic mass is 10.3. The standard InChI is InChI=1S/C11H10Br2N2O2/c1-2-10-14-15-11(17-10)6-16-9-4-3-7(12)5-8(9)13/h3-5H,2,6H2,1H3. The summed E-state index contributed by atoms with van der Waals surface area (Å²) >= 11 is 6.80. The van der Waals surface area contributed by atoms with E-state index in [9.17, 15) is 0 Å². The van der Waals surface area contributed by atoms with Crippen LogP contribution in [-0.2, 0) is 13.0 Å². The molecule has 0 spiro atoms. The number of benzene rings is 1. The Kier molecular flexibility index (Phi) is 4.17. The van der Waals surface area contributed by atoms with Crippen LogP contribution in [0.5, 0.6) is 5.75 Å². The molecule has 0 amide bonds. The van der Waals surface area contributed by atoms with Crippen LogP contribution >= 0.6 is 31.9 Å². The minimum Gasteiger partial charge on any atom is -0.483 e. The van der Waals surface area contributed by atoms with Crippen molar-refractivity contribution >= 4 is 31.9 Å². The van der Waals surface area contributed by atoms with Crippen LogP contribution in [0.1, 0.15) is 18.7 Å². The van der Waals surface area contributed by atoms with Gasteiger partial charge in [-0.3, -0.25) is 0 Å². The second kappa shape index (κ2) is 5.64. The van der Waals surface area contributed by atoms with Gasteiger partial charge >= 0.3 is 0 Å². The molecule has 1 aromatic carbocycles. The predicted molar refractivity (Wildman–Crippen MR) is 69.9 cm³/mol. The molecule has 1 aromatic heterocycles. The van der Waals surface area contributed by atoms with Crippen molar-refractivity contribution in [2.75, 3.05) is 0 Å². The van der Waals surface area contributed by atoms with Crippen molar-refractivity contribution in [3.63, 3.8) is 0 Å². The molecule has 0 saturated heterocycles. The number of rotatable bonds is 4. The molecule has 0 aliphatic rings. The van der Waals surface area contributed by atoms with Crippen LogP contribution < -0.4 is 4.74 Å². The molecule has 0 unspecified atom stereocenters. The van der Waals surface area contributed by atoms with E-state index in [4.69, 9.17) is 9.15 Å². The van der Waals surface area contributed by atoms with Gasteiger partial charge in [0.15, 0.2) is 6.61 Å². The van der Waals surface area contributed by atoms with E-state index in [1.165, 1.54) is 0 Å². The van der Waals surface area contributed by atoms with E-state index in [1.54, 1.807) is 0 Å². The summed E-state index contributed by atoms with van der Waals surface area (Å²) in [4.78, 5) is 0. The fourth-order valence-corrected chi connectivity index (χ4v) is 2.38. The van der Waals surface area contributed by atoms with Gasteiger partial charge in [-0.1, -0.05) is 22.9 Å². The molecule has 2 rings (SSSR count). The first-order chi connectivity index (χ1) is 8.19. The number of ether oxygens (including phenoxy) is 1. The molecule has 0 bridgehead atoms. The Morgan fingerprint density at radius 2 is 2.00 bits per heavy atom. The fraction of sp³-hybridized carbons (Fsp3) is 0.273. The van der Waals surface area contributed by atoms with Gasteiger partial charge in [0.25, 0.3) is 5.89 Å². The van der Waals surface area contributed by atoms with E-state index < -0.39 is 0 Å². The van der Waals surface area contributed by atoms with Crippen LogP contribution in [0.2, 0.25) is 0 Å². The molecular weight excluding hydrogens is 352 g/mol. The maximum atomic E-state index is 5.57. The highest BCUT2D eigenvalue weighted by Gasteiger charge is 2.07. The molecule has 4 nitrogen and oxygen atoms in total. The predicted octanol–water partition coefficient (Wildman–Crippen LogP) is 3.74. The highest BCUT2D eigenvalue weighted by atomic mass is 79.9. The number of aryl methyl sites for hydroxylation is 1. The van der Waals surface area contributed by atoms with E-state index in [0.29, 0.717) is 11.8 Å². The van der Waals surface area contributed by atoms with E-state index in [0.717, 1.165) is 21.1 Å². The highest BCUT2D eigenvalue weighted by molar-refractivity contribution is 9.11. The normalized spacial score (nSPS) is 10.5. The molecule has 2 aromatic rings. The third-order valence-corrected chi connectivity index (χ3v) is 3.17. The van der Waals surface area contributed by atoms with E-state index in [-0.39, 0.29) is 6.61 Å². The minimum atomic E-state index is 0.271. The van der Waals surface area contributed by atoms with Crippen LogP contribution in [0.15, 0.2) is 31.6 Å². The van der Waals surface area contributed by atoms with Crippen molar-refractivity contribution in [2.24, 2.45) is 0 Å². The molecule has 0 aliphatic heterocycles. The van der Waals surface area contributed by atoms with Gasteiger partial charge in [0.2, 0.25) is 5.89 Å². The summed E-state index contributed by atoms with van der Waals surface area (Å²) in [6, 6.07) is 5.69. The highest BCUT2D eigenvalue weighted by Crippen LogP contribution is 2.28. The minimum absolute atomic E-state index is 0.271. The Labute approximate surface area is 116 Å². The van der Waals surface area contributed by atoms with Crippen LogP contribution in [-0.4, -0.2) is 10.2 Å². The first-order valence-electron chi connectivity index (χ1n) is 5.08. The van der Waals surface area contributed by atoms with Crippen molar-refractivity contribution in [3.8, 4) is 5.75 Å². The Morgan fingerprint density at radius 3 is 2.65 bits per heavy atom. The van der Waals surface area contributed by atoms with Gasteiger partial charge in [0, 0.05) is 10.9 Å². The van der Waals surface area contributed by atoms with E-state index >= 15 is 0 Å². The summed E-state index contributed by atoms with van der Waals surface area (Å²) in [6.45, 7) is 2.23. The Hall–Kier alpha value is -0.880. The molecule has 6 heteroatoms. The van der Waals surface area contributed by atoms with Crippen LogP contribution in [0.4, 0.5) is 0 Å². The summed E-state index contributed by atoms with van der Waals surface area (Å²) in [5.41, 5.74) is 0. The smallest absolute Gasteiger partial charge is 0.253 e. The lowest BCUT2D eigenvalue weighted by Gasteiger charge is -2.05. The maximum absolute atomic E-state index is 5.57. The zero-order valence-electron chi connectivity index (χ0n) is 9.11. The summed E-state index contributed by atoms with van der Waals surface area (Å²) in [5, 5.41) is 7.75. The molecule has 0 N–H and O–H groups in total. The van der Waals surface area contributed by atoms with Gasteiger partial charge in [-0.25, -0.2) is 0 Å². The Balaban J connectivity index is 2.02. The summed E-state index contributed by atoms with van der Waals surface area (Å²) < 4.78 is 12.8. The summed E-state index contributed by atoms with van der Waals surface area (Å²) in [5.74, 6) is 1.85. The Bertz CT molecular complexity index is 514. The van der Waals surface area contributed by atoms with Crippen molar-refractivity contribution in [1.82, 2.24) is 10.2 Å². The van der Waals surface area contributed by atoms with E-state index in [1.807, 2.05) is 25.1 Å². The number of halogens is 2. The second-order valence-corrected chi connectivity index (χ2v) is 5.08. The topological polar surface area (TPSA) is 48.2 Å². The monoisotopic (exact) mass is 360 g/mol. The molecule has 90 valence electrons. The zero-order valence-corrected chi connectivity index (χ0v) is 12.3. The average Bonchev–Trinajstić information content (AvgIpc) is 2.76. The van der Waals surface area contributed by atoms with Crippen molar-refractivity contribution in [3.05, 3.63) is 38.9 Å². The van der Waals surface area contributed by atoms with Gasteiger partial charge < -0.3 is 9.15 Å². The summed E-state index contributed by atoms with van der Waals surface area (Å²) in [7, 11) is 0. The van der Waals surface area contributed by atoms with Crippen LogP contribution in [0.3, 0.4) is 0 Å². The van der Waals surface area contributed by atoms with Gasteiger partial charge in [0.05, 0.1) is 4.47 Å². The first kappa shape index (κ1) is 12.6. The van der Waals surface area contributed by atoms with Crippen molar-refractivity contribution < 1.29 is 9.15 Å². The van der Waals surface area contributed by atoms with Crippen molar-refractivity contribution in [1.29, 1.82) is 0 Å². The van der Waals surface area contributed by atoms with Gasteiger partial charge in [0.1, 0.15) is 5.75 Å². The third-order valence-electron chi connectivity index (χ3n) is 2.06. The number of hydrogen-bond acceptors (Lipinski definition) is 4. The number of hydrogen-bond donors (Lipinski definition) is 0. The fourth-order valence-electron chi connectivity index (χ4n) is 1.22. The van der Waals surface area contributed by atoms with Crippen LogP contribution in [0.25, 0.3) is 0 Å². The number of nitrogens with zero attached hydrogens (tertiary/aromatic N) is 2. The number of aromatic nitrogens is 2. The third kappa shape index (κ3) is 3.29. The SMILES string of the molecule is CCc1nnc(COc2ccc(Br)cc2Br)o1. The average molecular weight is 362 g/mol. The van der Waals surface area contributed by atoms with E-state index in [2.05, 4.69) is 42.1 Å². The molecule has 0 fully saturated rings. The van der Waals surface area contributed by atoms with Crippen LogP contribution in [0, 0.1) is 0 Å². The lowest BCUT2D eigenvalue weighted by molar-refractivity contribution is 0.258. The Morgan fingerprint density at radius 1 is 1.24 bits per heavy atom. The van der Waals surface area contributed by atoms with Gasteiger partial charge in [-0.15, -0.1) is 10.2 Å². The summed E-state index contributed by atoms with van der Waals surface area (Å²) in [6.07, 6.45) is 0.731. The first-order valence-corrected chi connectivity index (χ1v) is 6.66. The molecule has 1 heterocycles. The molecule has 0 radical (unpaired) electrons. The van der Waals surface area contributed by atoms with Crippen molar-refractivity contribution in [2.45, 2.75) is 20.0 Å². The second-order valence-electron chi connectivity index (χ2n) is 3.31.